The summed E-state index contributed by atoms with van der Waals surface area (Å²) in [7, 11) is 3.13. The fraction of sp³-hybridized carbons (Fsp3) is 0.316. The van der Waals surface area contributed by atoms with Crippen molar-refractivity contribution in [3.63, 3.8) is 0 Å². The van der Waals surface area contributed by atoms with Gasteiger partial charge in [0.25, 0.3) is 5.56 Å². The van der Waals surface area contributed by atoms with Gasteiger partial charge in [0.2, 0.25) is 0 Å². The van der Waals surface area contributed by atoms with Crippen LogP contribution in [0.3, 0.4) is 0 Å². The van der Waals surface area contributed by atoms with Crippen LogP contribution >= 0.6 is 11.8 Å². The summed E-state index contributed by atoms with van der Waals surface area (Å²) in [6.45, 7) is 6.37. The Hall–Kier alpha value is -2.54. The van der Waals surface area contributed by atoms with Crippen molar-refractivity contribution in [2.75, 3.05) is 5.75 Å². The van der Waals surface area contributed by atoms with Crippen molar-refractivity contribution < 1.29 is 0 Å². The molecule has 3 aromatic rings. The second-order valence-corrected chi connectivity index (χ2v) is 7.46. The smallest absolute Gasteiger partial charge is 0.309 e. The Kier molecular flexibility index (Phi) is 5.18. The van der Waals surface area contributed by atoms with Crippen molar-refractivity contribution in [2.45, 2.75) is 25.0 Å². The number of nitrogens with zero attached hydrogens (tertiary/aromatic N) is 4. The molecular formula is C19H22N4O2S. The molecule has 2 heterocycles. The van der Waals surface area contributed by atoms with Crippen molar-refractivity contribution in [3.05, 3.63) is 68.9 Å². The zero-order chi connectivity index (χ0) is 18.8. The lowest BCUT2D eigenvalue weighted by Crippen LogP contribution is -2.37. The molecule has 0 aliphatic heterocycles. The van der Waals surface area contributed by atoms with Gasteiger partial charge in [-0.05, 0) is 18.9 Å². The Balaban J connectivity index is 2.02. The predicted molar refractivity (Wildman–Crippen MR) is 106 cm³/mol. The zero-order valence-corrected chi connectivity index (χ0v) is 16.0. The van der Waals surface area contributed by atoms with E-state index >= 15 is 0 Å². The summed E-state index contributed by atoms with van der Waals surface area (Å²) in [5.41, 5.74) is 2.34. The van der Waals surface area contributed by atoms with E-state index in [4.69, 9.17) is 0 Å². The number of hydrogen-bond acceptors (Lipinski definition) is 4. The van der Waals surface area contributed by atoms with Gasteiger partial charge in [-0.25, -0.2) is 9.78 Å². The molecule has 136 valence electrons. The maximum Gasteiger partial charge on any atom is 0.332 e. The maximum atomic E-state index is 12.7. The second kappa shape index (κ2) is 7.37. The predicted octanol–water partition coefficient (Wildman–Crippen LogP) is 2.34. The molecule has 0 amide bonds. The van der Waals surface area contributed by atoms with E-state index in [0.717, 1.165) is 27.5 Å². The van der Waals surface area contributed by atoms with E-state index in [2.05, 4.69) is 23.7 Å². The fourth-order valence-corrected chi connectivity index (χ4v) is 3.84. The monoisotopic (exact) mass is 370 g/mol. The molecule has 1 aromatic carbocycles. The Bertz CT molecular complexity index is 1080. The van der Waals surface area contributed by atoms with Gasteiger partial charge in [0.1, 0.15) is 0 Å². The van der Waals surface area contributed by atoms with Crippen molar-refractivity contribution in [3.8, 4) is 0 Å². The number of rotatable bonds is 6. The van der Waals surface area contributed by atoms with E-state index in [9.17, 15) is 9.59 Å². The third-order valence-electron chi connectivity index (χ3n) is 4.21. The molecule has 0 aliphatic carbocycles. The number of hydrogen-bond donors (Lipinski definition) is 0. The molecule has 6 nitrogen and oxygen atoms in total. The maximum absolute atomic E-state index is 12.7. The molecule has 2 aromatic heterocycles. The van der Waals surface area contributed by atoms with Crippen LogP contribution in [0.1, 0.15) is 12.5 Å². The number of allylic oxidation sites excluding steroid dienone is 1. The highest BCUT2D eigenvalue weighted by Gasteiger charge is 2.19. The fourth-order valence-electron chi connectivity index (χ4n) is 2.86. The van der Waals surface area contributed by atoms with Crippen LogP contribution in [0.25, 0.3) is 11.2 Å². The number of benzene rings is 1. The first-order chi connectivity index (χ1) is 12.4. The van der Waals surface area contributed by atoms with Gasteiger partial charge in [-0.1, -0.05) is 54.2 Å². The van der Waals surface area contributed by atoms with Crippen LogP contribution in [0.5, 0.6) is 0 Å². The molecule has 0 spiro atoms. The standard InChI is InChI=1S/C19H22N4O2S/c1-13(2)12-23-15-16(21(3)19(25)22(4)17(15)24)20-18(23)26-11-10-14-8-6-5-7-9-14/h5-9H,1,10-12H2,2-4H3. The lowest BCUT2D eigenvalue weighted by Gasteiger charge is -2.09. The van der Waals surface area contributed by atoms with Gasteiger partial charge in [0, 0.05) is 26.4 Å². The minimum absolute atomic E-state index is 0.327. The van der Waals surface area contributed by atoms with Gasteiger partial charge < -0.3 is 4.57 Å². The highest BCUT2D eigenvalue weighted by Crippen LogP contribution is 2.23. The van der Waals surface area contributed by atoms with Crippen LogP contribution < -0.4 is 11.2 Å². The lowest BCUT2D eigenvalue weighted by atomic mass is 10.2. The highest BCUT2D eigenvalue weighted by atomic mass is 32.2. The molecule has 0 N–H and O–H groups in total. The van der Waals surface area contributed by atoms with Gasteiger partial charge in [-0.3, -0.25) is 13.9 Å². The number of imidazole rings is 1. The van der Waals surface area contributed by atoms with E-state index in [-0.39, 0.29) is 11.2 Å². The summed E-state index contributed by atoms with van der Waals surface area (Å²) < 4.78 is 4.42. The van der Waals surface area contributed by atoms with Crippen molar-refractivity contribution in [2.24, 2.45) is 14.1 Å². The number of thioether (sulfide) groups is 1. The molecule has 7 heteroatoms. The molecule has 0 saturated heterocycles. The Morgan fingerprint density at radius 3 is 2.50 bits per heavy atom. The van der Waals surface area contributed by atoms with Crippen molar-refractivity contribution in [1.29, 1.82) is 0 Å². The van der Waals surface area contributed by atoms with Crippen LogP contribution in [-0.4, -0.2) is 24.4 Å². The highest BCUT2D eigenvalue weighted by molar-refractivity contribution is 7.99. The summed E-state index contributed by atoms with van der Waals surface area (Å²) >= 11 is 1.59. The van der Waals surface area contributed by atoms with E-state index < -0.39 is 0 Å². The molecule has 26 heavy (non-hydrogen) atoms. The first-order valence-electron chi connectivity index (χ1n) is 8.37. The Morgan fingerprint density at radius 1 is 1.15 bits per heavy atom. The third-order valence-corrected chi connectivity index (χ3v) is 5.18. The van der Waals surface area contributed by atoms with Gasteiger partial charge >= 0.3 is 5.69 Å². The number of aryl methyl sites for hydroxylation is 2. The van der Waals surface area contributed by atoms with Crippen LogP contribution in [0.15, 0.2) is 57.2 Å². The minimum Gasteiger partial charge on any atom is -0.309 e. The van der Waals surface area contributed by atoms with Crippen LogP contribution in [0, 0.1) is 0 Å². The van der Waals surface area contributed by atoms with Gasteiger partial charge in [-0.15, -0.1) is 0 Å². The summed E-state index contributed by atoms with van der Waals surface area (Å²) in [5, 5.41) is 0.734. The topological polar surface area (TPSA) is 61.8 Å². The van der Waals surface area contributed by atoms with Gasteiger partial charge in [-0.2, -0.15) is 0 Å². The summed E-state index contributed by atoms with van der Waals surface area (Å²) in [6, 6.07) is 10.2. The lowest BCUT2D eigenvalue weighted by molar-refractivity contribution is 0.694. The number of aromatic nitrogens is 4. The molecule has 0 saturated carbocycles. The largest absolute Gasteiger partial charge is 0.332 e. The average Bonchev–Trinajstić information content (AvgIpc) is 2.97. The molecule has 0 bridgehead atoms. The molecule has 3 rings (SSSR count). The summed E-state index contributed by atoms with van der Waals surface area (Å²) in [6.07, 6.45) is 0.902. The molecule has 0 aliphatic rings. The Labute approximate surface area is 155 Å². The van der Waals surface area contributed by atoms with Crippen LogP contribution in [-0.2, 0) is 27.1 Å². The second-order valence-electron chi connectivity index (χ2n) is 6.40. The van der Waals surface area contributed by atoms with Gasteiger partial charge in [0.15, 0.2) is 16.3 Å². The minimum atomic E-state index is -0.372. The van der Waals surface area contributed by atoms with E-state index in [1.165, 1.54) is 17.2 Å². The zero-order valence-electron chi connectivity index (χ0n) is 15.2. The number of fused-ring (bicyclic) bond motifs is 1. The molecule has 0 radical (unpaired) electrons. The van der Waals surface area contributed by atoms with E-state index in [0.29, 0.717) is 17.7 Å². The normalized spacial score (nSPS) is 11.2. The first kappa shape index (κ1) is 18.3. The molecule has 0 atom stereocenters. The van der Waals surface area contributed by atoms with E-state index in [1.54, 1.807) is 18.8 Å². The van der Waals surface area contributed by atoms with Crippen molar-refractivity contribution >= 4 is 22.9 Å². The average molecular weight is 370 g/mol. The van der Waals surface area contributed by atoms with Gasteiger partial charge in [0.05, 0.1) is 0 Å². The SMILES string of the molecule is C=C(C)Cn1c(SCCc2ccccc2)nc2c1c(=O)n(C)c(=O)n2C. The summed E-state index contributed by atoms with van der Waals surface area (Å²) in [4.78, 5) is 29.5. The molecular weight excluding hydrogens is 348 g/mol. The first-order valence-corrected chi connectivity index (χ1v) is 9.36. The third kappa shape index (κ3) is 3.39. The summed E-state index contributed by atoms with van der Waals surface area (Å²) in [5.74, 6) is 0.831. The Morgan fingerprint density at radius 2 is 1.85 bits per heavy atom. The van der Waals surface area contributed by atoms with Crippen molar-refractivity contribution in [1.82, 2.24) is 18.7 Å². The molecule has 0 unspecified atom stereocenters. The van der Waals surface area contributed by atoms with Crippen LogP contribution in [0.4, 0.5) is 0 Å². The molecule has 0 fully saturated rings. The van der Waals surface area contributed by atoms with Crippen LogP contribution in [0.2, 0.25) is 0 Å². The quantitative estimate of drug-likeness (QED) is 0.494. The van der Waals surface area contributed by atoms with E-state index in [1.807, 2.05) is 29.7 Å².